The minimum Gasteiger partial charge on any atom is -0.338 e. The number of halogens is 1. The van der Waals surface area contributed by atoms with Gasteiger partial charge in [0.25, 0.3) is 0 Å². The monoisotopic (exact) mass is 351 g/mol. The predicted molar refractivity (Wildman–Crippen MR) is 86.2 cm³/mol. The van der Waals surface area contributed by atoms with E-state index in [1.807, 2.05) is 29.2 Å². The number of urea groups is 1. The van der Waals surface area contributed by atoms with Crippen molar-refractivity contribution in [3.8, 4) is 0 Å². The molecule has 1 aromatic carbocycles. The molecule has 2 N–H and O–H groups in total. The van der Waals surface area contributed by atoms with Crippen LogP contribution in [0.4, 0.5) is 10.5 Å². The lowest BCUT2D eigenvalue weighted by atomic mass is 10.2. The van der Waals surface area contributed by atoms with E-state index in [2.05, 4.69) is 33.1 Å². The molecule has 3 amide bonds. The summed E-state index contributed by atoms with van der Waals surface area (Å²) in [6, 6.07) is 7.24. The van der Waals surface area contributed by atoms with Crippen molar-refractivity contribution < 1.29 is 9.59 Å². The third kappa shape index (κ3) is 4.90. The van der Waals surface area contributed by atoms with Gasteiger partial charge in [0.2, 0.25) is 5.91 Å². The number of hydrogen-bond donors (Lipinski definition) is 2. The van der Waals surface area contributed by atoms with Crippen LogP contribution >= 0.6 is 15.9 Å². The number of anilines is 1. The molecule has 1 aliphatic rings. The van der Waals surface area contributed by atoms with Crippen LogP contribution in [0.3, 0.4) is 0 Å². The largest absolute Gasteiger partial charge is 0.338 e. The fraction of sp³-hybridized carbons (Fsp3) is 0.333. The van der Waals surface area contributed by atoms with Gasteiger partial charge in [0.15, 0.2) is 0 Å². The van der Waals surface area contributed by atoms with Gasteiger partial charge in [-0.15, -0.1) is 0 Å². The summed E-state index contributed by atoms with van der Waals surface area (Å²) in [6.45, 7) is 5.42. The number of rotatable bonds is 5. The van der Waals surface area contributed by atoms with Crippen molar-refractivity contribution >= 4 is 33.6 Å². The van der Waals surface area contributed by atoms with Gasteiger partial charge in [-0.3, -0.25) is 4.79 Å². The summed E-state index contributed by atoms with van der Waals surface area (Å²) in [7, 11) is 0. The Balaban J connectivity index is 1.92. The van der Waals surface area contributed by atoms with Crippen LogP contribution < -0.4 is 10.6 Å². The van der Waals surface area contributed by atoms with Gasteiger partial charge in [0.1, 0.15) is 0 Å². The van der Waals surface area contributed by atoms with E-state index in [-0.39, 0.29) is 11.9 Å². The average molecular weight is 352 g/mol. The van der Waals surface area contributed by atoms with E-state index in [4.69, 9.17) is 0 Å². The first kappa shape index (κ1) is 15.6. The quantitative estimate of drug-likeness (QED) is 0.856. The van der Waals surface area contributed by atoms with Gasteiger partial charge in [-0.2, -0.15) is 0 Å². The molecule has 6 heteroatoms. The molecule has 112 valence electrons. The Morgan fingerprint density at radius 2 is 2.24 bits per heavy atom. The van der Waals surface area contributed by atoms with Gasteiger partial charge >= 0.3 is 6.03 Å². The number of carbonyl (C=O) groups excluding carboxylic acids is 2. The Morgan fingerprint density at radius 1 is 1.43 bits per heavy atom. The molecule has 0 aromatic heterocycles. The second-order valence-electron chi connectivity index (χ2n) is 4.94. The molecule has 0 spiro atoms. The van der Waals surface area contributed by atoms with Gasteiger partial charge in [-0.05, 0) is 24.1 Å². The summed E-state index contributed by atoms with van der Waals surface area (Å²) >= 11 is 3.18. The molecule has 1 saturated heterocycles. The molecule has 1 aliphatic heterocycles. The molecule has 0 atom stereocenters. The van der Waals surface area contributed by atoms with Crippen LogP contribution in [-0.4, -0.2) is 29.9 Å². The van der Waals surface area contributed by atoms with E-state index in [0.29, 0.717) is 29.7 Å². The minimum atomic E-state index is -0.287. The average Bonchev–Trinajstić information content (AvgIpc) is 2.82. The molecule has 0 bridgehead atoms. The summed E-state index contributed by atoms with van der Waals surface area (Å²) < 4.78 is 0.707. The summed E-state index contributed by atoms with van der Waals surface area (Å²) in [5.74, 6) is 0.196. The number of likely N-dealkylation sites (tertiary alicyclic amines) is 1. The van der Waals surface area contributed by atoms with E-state index in [1.165, 1.54) is 0 Å². The zero-order valence-electron chi connectivity index (χ0n) is 11.7. The zero-order valence-corrected chi connectivity index (χ0v) is 13.3. The fourth-order valence-corrected chi connectivity index (χ4v) is 2.33. The number of hydrogen-bond acceptors (Lipinski definition) is 2. The topological polar surface area (TPSA) is 61.4 Å². The first-order valence-electron chi connectivity index (χ1n) is 6.79. The molecular weight excluding hydrogens is 334 g/mol. The van der Waals surface area contributed by atoms with E-state index in [1.54, 1.807) is 0 Å². The second kappa shape index (κ2) is 7.26. The van der Waals surface area contributed by atoms with E-state index >= 15 is 0 Å². The lowest BCUT2D eigenvalue weighted by Crippen LogP contribution is -2.29. The Morgan fingerprint density at radius 3 is 2.90 bits per heavy atom. The van der Waals surface area contributed by atoms with Crippen LogP contribution in [0, 0.1) is 0 Å². The summed E-state index contributed by atoms with van der Waals surface area (Å²) in [5.41, 5.74) is 1.71. The molecule has 1 fully saturated rings. The predicted octanol–water partition coefficient (Wildman–Crippen LogP) is 2.84. The number of nitrogens with zero attached hydrogens (tertiary/aromatic N) is 1. The van der Waals surface area contributed by atoms with Crippen LogP contribution in [0.2, 0.25) is 0 Å². The SMILES string of the molecule is C=C(Br)CNC(=O)Nc1cccc(CN2CCCC2=O)c1. The van der Waals surface area contributed by atoms with E-state index in [0.717, 1.165) is 18.5 Å². The number of benzene rings is 1. The fourth-order valence-electron chi connectivity index (χ4n) is 2.19. The lowest BCUT2D eigenvalue weighted by Gasteiger charge is -2.16. The van der Waals surface area contributed by atoms with E-state index < -0.39 is 0 Å². The first-order chi connectivity index (χ1) is 10.0. The van der Waals surface area contributed by atoms with Crippen LogP contribution in [-0.2, 0) is 11.3 Å². The minimum absolute atomic E-state index is 0.196. The highest BCUT2D eigenvalue weighted by Gasteiger charge is 2.19. The highest BCUT2D eigenvalue weighted by molar-refractivity contribution is 9.11. The lowest BCUT2D eigenvalue weighted by molar-refractivity contribution is -0.128. The van der Waals surface area contributed by atoms with Gasteiger partial charge in [-0.25, -0.2) is 4.79 Å². The molecule has 0 aliphatic carbocycles. The van der Waals surface area contributed by atoms with Crippen LogP contribution in [0.15, 0.2) is 35.3 Å². The molecule has 1 aromatic rings. The van der Waals surface area contributed by atoms with Gasteiger partial charge < -0.3 is 15.5 Å². The van der Waals surface area contributed by atoms with Crippen molar-refractivity contribution in [3.63, 3.8) is 0 Å². The van der Waals surface area contributed by atoms with Crippen LogP contribution in [0.25, 0.3) is 0 Å². The molecule has 0 saturated carbocycles. The number of carbonyl (C=O) groups is 2. The van der Waals surface area contributed by atoms with E-state index in [9.17, 15) is 9.59 Å². The summed E-state index contributed by atoms with van der Waals surface area (Å²) in [6.07, 6.45) is 1.56. The van der Waals surface area contributed by atoms with Crippen LogP contribution in [0.5, 0.6) is 0 Å². The van der Waals surface area contributed by atoms with Gasteiger partial charge in [0, 0.05) is 29.7 Å². The summed E-state index contributed by atoms with van der Waals surface area (Å²) in [4.78, 5) is 25.1. The maximum absolute atomic E-state index is 11.7. The normalized spacial score (nSPS) is 14.1. The van der Waals surface area contributed by atoms with Gasteiger partial charge in [-0.1, -0.05) is 34.6 Å². The molecule has 5 nitrogen and oxygen atoms in total. The Hall–Kier alpha value is -1.82. The third-order valence-corrected chi connectivity index (χ3v) is 3.45. The van der Waals surface area contributed by atoms with Crippen LogP contribution in [0.1, 0.15) is 18.4 Å². The van der Waals surface area contributed by atoms with Gasteiger partial charge in [0.05, 0.1) is 6.54 Å². The molecular formula is C15H18BrN3O2. The molecule has 21 heavy (non-hydrogen) atoms. The molecule has 0 radical (unpaired) electrons. The molecule has 0 unspecified atom stereocenters. The highest BCUT2D eigenvalue weighted by Crippen LogP contribution is 2.17. The smallest absolute Gasteiger partial charge is 0.319 e. The first-order valence-corrected chi connectivity index (χ1v) is 7.59. The van der Waals surface area contributed by atoms with Crippen molar-refractivity contribution in [3.05, 3.63) is 40.9 Å². The Kier molecular flexibility index (Phi) is 5.38. The standard InChI is InChI=1S/C15H18BrN3O2/c1-11(16)9-17-15(21)18-13-5-2-4-12(8-13)10-19-7-3-6-14(19)20/h2,4-5,8H,1,3,6-7,9-10H2,(H2,17,18,21). The maximum Gasteiger partial charge on any atom is 0.319 e. The number of amides is 3. The Bertz CT molecular complexity index is 560. The van der Waals surface area contributed by atoms with Crippen molar-refractivity contribution in [2.24, 2.45) is 0 Å². The highest BCUT2D eigenvalue weighted by atomic mass is 79.9. The number of nitrogens with one attached hydrogen (secondary N) is 2. The van der Waals surface area contributed by atoms with Crippen molar-refractivity contribution in [1.82, 2.24) is 10.2 Å². The zero-order chi connectivity index (χ0) is 15.2. The van der Waals surface area contributed by atoms with Crippen molar-refractivity contribution in [2.75, 3.05) is 18.4 Å². The molecule has 2 rings (SSSR count). The van der Waals surface area contributed by atoms with Crippen molar-refractivity contribution in [2.45, 2.75) is 19.4 Å². The molecule has 1 heterocycles. The Labute approximate surface area is 132 Å². The summed E-state index contributed by atoms with van der Waals surface area (Å²) in [5, 5.41) is 5.43. The maximum atomic E-state index is 11.7. The third-order valence-electron chi connectivity index (χ3n) is 3.17. The van der Waals surface area contributed by atoms with Crippen molar-refractivity contribution in [1.29, 1.82) is 0 Å². The second-order valence-corrected chi connectivity index (χ2v) is 6.07.